The molecule has 0 amide bonds. The smallest absolute Gasteiger partial charge is 0.253 e. The number of benzene rings is 1. The van der Waals surface area contributed by atoms with Crippen LogP contribution < -0.4 is 10.1 Å². The largest absolute Gasteiger partial charge is 0.484 e. The molecule has 0 bridgehead atoms. The Morgan fingerprint density at radius 3 is 2.74 bits per heavy atom. The quantitative estimate of drug-likeness (QED) is 0.716. The number of nitrogens with one attached hydrogen (secondary N) is 1. The van der Waals surface area contributed by atoms with Crippen LogP contribution in [-0.2, 0) is 6.61 Å². The van der Waals surface area contributed by atoms with Crippen molar-refractivity contribution in [3.8, 4) is 5.75 Å². The first-order valence-corrected chi connectivity index (χ1v) is 6.95. The molecule has 0 saturated heterocycles. The van der Waals surface area contributed by atoms with Gasteiger partial charge in [0.15, 0.2) is 18.2 Å². The lowest BCUT2D eigenvalue weighted by molar-refractivity contribution is 0.260. The van der Waals surface area contributed by atoms with Gasteiger partial charge in [0.2, 0.25) is 11.2 Å². The van der Waals surface area contributed by atoms with Crippen LogP contribution in [0.4, 0.5) is 15.9 Å². The van der Waals surface area contributed by atoms with Crippen LogP contribution in [0.3, 0.4) is 0 Å². The molecule has 0 radical (unpaired) electrons. The third-order valence-corrected chi connectivity index (χ3v) is 2.94. The number of ether oxygens (including phenoxy) is 1. The molecule has 0 fully saturated rings. The molecule has 0 aliphatic heterocycles. The Morgan fingerprint density at radius 2 is 2.04 bits per heavy atom. The second-order valence-corrected chi connectivity index (χ2v) is 4.83. The minimum absolute atomic E-state index is 0.00000325. The first kappa shape index (κ1) is 15.2. The topological polar surface area (TPSA) is 86.0 Å². The van der Waals surface area contributed by atoms with E-state index >= 15 is 0 Å². The molecule has 0 saturated carbocycles. The predicted molar refractivity (Wildman–Crippen MR) is 80.1 cm³/mol. The van der Waals surface area contributed by atoms with Gasteiger partial charge >= 0.3 is 0 Å². The van der Waals surface area contributed by atoms with Gasteiger partial charge in [0, 0.05) is 12.6 Å². The van der Waals surface area contributed by atoms with Crippen molar-refractivity contribution in [1.82, 2.24) is 20.2 Å². The number of aromatic nitrogens is 4. The van der Waals surface area contributed by atoms with Gasteiger partial charge in [0.1, 0.15) is 5.75 Å². The lowest BCUT2D eigenvalue weighted by Crippen LogP contribution is -1.99. The number of anilines is 2. The van der Waals surface area contributed by atoms with Gasteiger partial charge in [-0.3, -0.25) is 0 Å². The standard InChI is InChI=1S/C14H11ClFN5O2/c1-8-20-21-12(23-8)7-22-10-4-2-9(3-5-10)18-13-11(16)6-17-14(15)19-13/h2-6H,7H2,1H3,(H,17,18,19). The lowest BCUT2D eigenvalue weighted by atomic mass is 10.3. The van der Waals surface area contributed by atoms with Gasteiger partial charge in [-0.25, -0.2) is 9.37 Å². The molecule has 0 spiro atoms. The second-order valence-electron chi connectivity index (χ2n) is 4.49. The molecule has 0 aliphatic carbocycles. The average Bonchev–Trinajstić information content (AvgIpc) is 2.96. The van der Waals surface area contributed by atoms with Crippen LogP contribution in [-0.4, -0.2) is 20.2 Å². The maximum atomic E-state index is 13.6. The Kier molecular flexibility index (Phi) is 4.33. The van der Waals surface area contributed by atoms with Crippen LogP contribution in [0.25, 0.3) is 0 Å². The maximum absolute atomic E-state index is 13.6. The first-order chi connectivity index (χ1) is 11.1. The number of rotatable bonds is 5. The number of halogens is 2. The highest BCUT2D eigenvalue weighted by Gasteiger charge is 2.07. The van der Waals surface area contributed by atoms with Crippen molar-refractivity contribution < 1.29 is 13.5 Å². The third kappa shape index (κ3) is 3.92. The number of nitrogens with zero attached hydrogens (tertiary/aromatic N) is 4. The van der Waals surface area contributed by atoms with E-state index in [1.165, 1.54) is 0 Å². The Hall–Kier alpha value is -2.74. The Morgan fingerprint density at radius 1 is 1.26 bits per heavy atom. The molecule has 2 aromatic heterocycles. The Bertz CT molecular complexity index is 809. The van der Waals surface area contributed by atoms with Crippen molar-refractivity contribution in [1.29, 1.82) is 0 Å². The van der Waals surface area contributed by atoms with Crippen LogP contribution in [0.2, 0.25) is 5.28 Å². The minimum Gasteiger partial charge on any atom is -0.484 e. The lowest BCUT2D eigenvalue weighted by Gasteiger charge is -2.08. The molecule has 0 atom stereocenters. The molecule has 1 N–H and O–H groups in total. The van der Waals surface area contributed by atoms with Crippen LogP contribution >= 0.6 is 11.6 Å². The maximum Gasteiger partial charge on any atom is 0.253 e. The van der Waals surface area contributed by atoms with Crippen molar-refractivity contribution in [2.45, 2.75) is 13.5 Å². The number of aryl methyl sites for hydroxylation is 1. The molecule has 118 valence electrons. The highest BCUT2D eigenvalue weighted by atomic mass is 35.5. The zero-order valence-electron chi connectivity index (χ0n) is 12.0. The summed E-state index contributed by atoms with van der Waals surface area (Å²) >= 11 is 5.64. The molecule has 0 aliphatic rings. The van der Waals surface area contributed by atoms with E-state index in [0.29, 0.717) is 23.2 Å². The molecular formula is C14H11ClFN5O2. The van der Waals surface area contributed by atoms with E-state index in [9.17, 15) is 4.39 Å². The van der Waals surface area contributed by atoms with Gasteiger partial charge in [-0.05, 0) is 35.9 Å². The summed E-state index contributed by atoms with van der Waals surface area (Å²) in [6, 6.07) is 6.85. The van der Waals surface area contributed by atoms with Gasteiger partial charge in [-0.1, -0.05) is 0 Å². The first-order valence-electron chi connectivity index (χ1n) is 6.57. The third-order valence-electron chi connectivity index (χ3n) is 2.76. The van der Waals surface area contributed by atoms with E-state index < -0.39 is 5.82 Å². The van der Waals surface area contributed by atoms with Crippen LogP contribution in [0.15, 0.2) is 34.9 Å². The Labute approximate surface area is 135 Å². The van der Waals surface area contributed by atoms with E-state index in [-0.39, 0.29) is 17.7 Å². The van der Waals surface area contributed by atoms with Gasteiger partial charge < -0.3 is 14.5 Å². The Balaban J connectivity index is 1.63. The van der Waals surface area contributed by atoms with Gasteiger partial charge in [-0.2, -0.15) is 4.98 Å². The van der Waals surface area contributed by atoms with Crippen molar-refractivity contribution in [3.05, 3.63) is 53.3 Å². The van der Waals surface area contributed by atoms with E-state index in [1.807, 2.05) is 0 Å². The molecule has 7 nitrogen and oxygen atoms in total. The molecule has 3 aromatic rings. The van der Waals surface area contributed by atoms with Crippen LogP contribution in [0, 0.1) is 12.7 Å². The summed E-state index contributed by atoms with van der Waals surface area (Å²) in [5.74, 6) is 0.880. The predicted octanol–water partition coefficient (Wildman–Crippen LogP) is 3.28. The molecule has 9 heteroatoms. The van der Waals surface area contributed by atoms with Crippen LogP contribution in [0.5, 0.6) is 5.75 Å². The molecule has 1 aromatic carbocycles. The summed E-state index contributed by atoms with van der Waals surface area (Å²) in [5, 5.41) is 10.3. The summed E-state index contributed by atoms with van der Waals surface area (Å²) in [6.07, 6.45) is 1.00. The molecule has 3 rings (SSSR count). The van der Waals surface area contributed by atoms with Crippen molar-refractivity contribution in [2.24, 2.45) is 0 Å². The van der Waals surface area contributed by atoms with E-state index in [0.717, 1.165) is 6.20 Å². The molecule has 23 heavy (non-hydrogen) atoms. The summed E-state index contributed by atoms with van der Waals surface area (Å²) < 4.78 is 24.3. The normalized spacial score (nSPS) is 10.6. The number of hydrogen-bond donors (Lipinski definition) is 1. The van der Waals surface area contributed by atoms with Crippen LogP contribution in [0.1, 0.15) is 11.8 Å². The highest BCUT2D eigenvalue weighted by molar-refractivity contribution is 6.28. The highest BCUT2D eigenvalue weighted by Crippen LogP contribution is 2.21. The average molecular weight is 336 g/mol. The number of hydrogen-bond acceptors (Lipinski definition) is 7. The summed E-state index contributed by atoms with van der Waals surface area (Å²) in [6.45, 7) is 1.87. The van der Waals surface area contributed by atoms with Gasteiger partial charge in [-0.15, -0.1) is 10.2 Å². The summed E-state index contributed by atoms with van der Waals surface area (Å²) in [5.41, 5.74) is 0.625. The van der Waals surface area contributed by atoms with Gasteiger partial charge in [0.05, 0.1) is 6.20 Å². The van der Waals surface area contributed by atoms with Gasteiger partial charge in [0.25, 0.3) is 5.89 Å². The zero-order valence-corrected chi connectivity index (χ0v) is 12.7. The van der Waals surface area contributed by atoms with E-state index in [4.69, 9.17) is 20.8 Å². The second kappa shape index (κ2) is 6.57. The molecule has 2 heterocycles. The fourth-order valence-electron chi connectivity index (χ4n) is 1.75. The zero-order chi connectivity index (χ0) is 16.2. The summed E-state index contributed by atoms with van der Waals surface area (Å²) in [4.78, 5) is 7.33. The van der Waals surface area contributed by atoms with E-state index in [2.05, 4.69) is 25.5 Å². The summed E-state index contributed by atoms with van der Waals surface area (Å²) in [7, 11) is 0. The van der Waals surface area contributed by atoms with E-state index in [1.54, 1.807) is 31.2 Å². The van der Waals surface area contributed by atoms with Crippen molar-refractivity contribution >= 4 is 23.1 Å². The molecule has 0 unspecified atom stereocenters. The van der Waals surface area contributed by atoms with Crippen molar-refractivity contribution in [3.63, 3.8) is 0 Å². The minimum atomic E-state index is -0.596. The molecular weight excluding hydrogens is 325 g/mol. The SMILES string of the molecule is Cc1nnc(COc2ccc(Nc3nc(Cl)ncc3F)cc2)o1. The fourth-order valence-corrected chi connectivity index (χ4v) is 1.88. The fraction of sp³-hybridized carbons (Fsp3) is 0.143. The monoisotopic (exact) mass is 335 g/mol. The van der Waals surface area contributed by atoms with Crippen molar-refractivity contribution in [2.75, 3.05) is 5.32 Å².